The molecule has 0 radical (unpaired) electrons. The van der Waals surface area contributed by atoms with Crippen molar-refractivity contribution >= 4 is 10.9 Å². The molecule has 2 heterocycles. The first-order chi connectivity index (χ1) is 9.88. The van der Waals surface area contributed by atoms with Crippen LogP contribution in [0.2, 0.25) is 0 Å². The van der Waals surface area contributed by atoms with Crippen molar-refractivity contribution in [2.45, 2.75) is 19.4 Å². The molecule has 0 aliphatic heterocycles. The second-order valence-corrected chi connectivity index (χ2v) is 4.97. The molecule has 102 valence electrons. The van der Waals surface area contributed by atoms with Crippen molar-refractivity contribution in [1.82, 2.24) is 4.98 Å². The maximum Gasteiger partial charge on any atom is 0.183 e. The number of hydrogen-bond acceptors (Lipinski definition) is 1. The van der Waals surface area contributed by atoms with E-state index in [1.165, 1.54) is 22.2 Å². The number of aromatic amines is 1. The molecular weight excluding hydrogens is 248 g/mol. The third kappa shape index (κ3) is 2.58. The number of hydrogen-bond donors (Lipinski definition) is 2. The van der Waals surface area contributed by atoms with Crippen molar-refractivity contribution in [2.75, 3.05) is 6.61 Å². The summed E-state index contributed by atoms with van der Waals surface area (Å²) in [4.78, 5) is 3.31. The minimum absolute atomic E-state index is 0.192. The van der Waals surface area contributed by atoms with Crippen LogP contribution in [-0.2, 0) is 19.4 Å². The lowest BCUT2D eigenvalue weighted by atomic mass is 10.1. The molecule has 0 unspecified atom stereocenters. The number of aryl methyl sites for hydroxylation is 2. The molecule has 0 aliphatic rings. The van der Waals surface area contributed by atoms with Crippen LogP contribution in [0, 0.1) is 0 Å². The maximum atomic E-state index is 9.12. The molecule has 0 spiro atoms. The average Bonchev–Trinajstić information content (AvgIpc) is 2.90. The van der Waals surface area contributed by atoms with Crippen LogP contribution in [0.3, 0.4) is 0 Å². The Kier molecular flexibility index (Phi) is 3.79. The first kappa shape index (κ1) is 12.9. The molecule has 3 nitrogen and oxygen atoms in total. The number of nitrogens with zero attached hydrogens (tertiary/aromatic N) is 1. The van der Waals surface area contributed by atoms with Crippen LogP contribution in [0.1, 0.15) is 11.3 Å². The summed E-state index contributed by atoms with van der Waals surface area (Å²) in [5, 5.41) is 10.4. The Morgan fingerprint density at radius 2 is 1.85 bits per heavy atom. The van der Waals surface area contributed by atoms with Gasteiger partial charge in [0.05, 0.1) is 13.0 Å². The predicted octanol–water partition coefficient (Wildman–Crippen LogP) is 2.23. The fraction of sp³-hybridized carbons (Fsp3) is 0.235. The third-order valence-corrected chi connectivity index (χ3v) is 3.70. The van der Waals surface area contributed by atoms with E-state index in [0.717, 1.165) is 13.0 Å². The molecule has 0 saturated carbocycles. The molecule has 2 N–H and O–H groups in total. The molecule has 1 aromatic carbocycles. The third-order valence-electron chi connectivity index (χ3n) is 3.70. The number of rotatable bonds is 5. The molecule has 2 aromatic heterocycles. The number of aliphatic hydroxyl groups excluding tert-OH is 1. The minimum atomic E-state index is 0.192. The van der Waals surface area contributed by atoms with Gasteiger partial charge in [0, 0.05) is 35.7 Å². The standard InChI is InChI=1S/C17H19N2O/c20-12-9-15-5-3-4-10-19(15)11-8-14-13-18-17-7-2-1-6-16(14)17/h1-7,10,13,18,20H,8-9,11-12H2/q+1. The molecule has 0 atom stereocenters. The highest BCUT2D eigenvalue weighted by molar-refractivity contribution is 5.82. The molecule has 3 rings (SSSR count). The molecule has 0 fully saturated rings. The summed E-state index contributed by atoms with van der Waals surface area (Å²) in [7, 11) is 0. The molecule has 3 aromatic rings. The Bertz CT molecular complexity index is 703. The van der Waals surface area contributed by atoms with Gasteiger partial charge in [0.2, 0.25) is 0 Å². The summed E-state index contributed by atoms with van der Waals surface area (Å²) in [5.41, 5.74) is 3.71. The number of H-pyrrole nitrogens is 1. The average molecular weight is 267 g/mol. The molecule has 20 heavy (non-hydrogen) atoms. The number of benzene rings is 1. The van der Waals surface area contributed by atoms with Crippen LogP contribution in [0.25, 0.3) is 10.9 Å². The van der Waals surface area contributed by atoms with Crippen molar-refractivity contribution < 1.29 is 9.67 Å². The molecule has 3 heteroatoms. The van der Waals surface area contributed by atoms with Crippen LogP contribution in [0.4, 0.5) is 0 Å². The Labute approximate surface area is 118 Å². The second kappa shape index (κ2) is 5.88. The Balaban J connectivity index is 1.80. The highest BCUT2D eigenvalue weighted by Crippen LogP contribution is 2.17. The highest BCUT2D eigenvalue weighted by Gasteiger charge is 2.10. The van der Waals surface area contributed by atoms with Gasteiger partial charge in [-0.1, -0.05) is 24.3 Å². The van der Waals surface area contributed by atoms with Gasteiger partial charge in [-0.25, -0.2) is 4.57 Å². The molecular formula is C17H19N2O+. The Morgan fingerprint density at radius 1 is 1.00 bits per heavy atom. The van der Waals surface area contributed by atoms with Crippen LogP contribution >= 0.6 is 0 Å². The van der Waals surface area contributed by atoms with Gasteiger partial charge in [-0.15, -0.1) is 0 Å². The van der Waals surface area contributed by atoms with E-state index >= 15 is 0 Å². The lowest BCUT2D eigenvalue weighted by molar-refractivity contribution is -0.703. The zero-order chi connectivity index (χ0) is 13.8. The van der Waals surface area contributed by atoms with Crippen LogP contribution in [0.15, 0.2) is 54.9 Å². The van der Waals surface area contributed by atoms with Gasteiger partial charge in [-0.3, -0.25) is 0 Å². The second-order valence-electron chi connectivity index (χ2n) is 4.97. The van der Waals surface area contributed by atoms with E-state index in [9.17, 15) is 0 Å². The fourth-order valence-corrected chi connectivity index (χ4v) is 2.65. The van der Waals surface area contributed by atoms with Crippen molar-refractivity contribution in [3.8, 4) is 0 Å². The number of fused-ring (bicyclic) bond motifs is 1. The van der Waals surface area contributed by atoms with Crippen LogP contribution < -0.4 is 4.57 Å². The number of pyridine rings is 1. The normalized spacial score (nSPS) is 11.1. The minimum Gasteiger partial charge on any atom is -0.396 e. The zero-order valence-electron chi connectivity index (χ0n) is 11.4. The summed E-state index contributed by atoms with van der Waals surface area (Å²) in [6.07, 6.45) is 5.87. The smallest absolute Gasteiger partial charge is 0.183 e. The highest BCUT2D eigenvalue weighted by atomic mass is 16.3. The SMILES string of the molecule is OCCc1cccc[n+]1CCc1c[nH]c2ccccc12. The first-order valence-electron chi connectivity index (χ1n) is 7.01. The summed E-state index contributed by atoms with van der Waals surface area (Å²) in [5.74, 6) is 0. The lowest BCUT2D eigenvalue weighted by Crippen LogP contribution is -2.39. The topological polar surface area (TPSA) is 39.9 Å². The zero-order valence-corrected chi connectivity index (χ0v) is 11.4. The Hall–Kier alpha value is -2.13. The van der Waals surface area contributed by atoms with Gasteiger partial charge < -0.3 is 10.1 Å². The molecule has 0 aliphatic carbocycles. The van der Waals surface area contributed by atoms with E-state index in [0.29, 0.717) is 6.42 Å². The van der Waals surface area contributed by atoms with Crippen molar-refractivity contribution in [1.29, 1.82) is 0 Å². The largest absolute Gasteiger partial charge is 0.396 e. The summed E-state index contributed by atoms with van der Waals surface area (Å²) in [6.45, 7) is 1.12. The number of nitrogens with one attached hydrogen (secondary N) is 1. The first-order valence-corrected chi connectivity index (χ1v) is 7.01. The van der Waals surface area contributed by atoms with Crippen LogP contribution in [-0.4, -0.2) is 16.7 Å². The van der Waals surface area contributed by atoms with Gasteiger partial charge in [0.15, 0.2) is 18.4 Å². The van der Waals surface area contributed by atoms with Crippen LogP contribution in [0.5, 0.6) is 0 Å². The lowest BCUT2D eigenvalue weighted by Gasteiger charge is -2.02. The van der Waals surface area contributed by atoms with Gasteiger partial charge in [-0.2, -0.15) is 0 Å². The molecule has 0 amide bonds. The van der Waals surface area contributed by atoms with Crippen molar-refractivity contribution in [3.05, 3.63) is 66.1 Å². The summed E-state index contributed by atoms with van der Waals surface area (Å²) >= 11 is 0. The molecule has 0 bridgehead atoms. The van der Waals surface area contributed by atoms with E-state index in [1.807, 2.05) is 18.2 Å². The van der Waals surface area contributed by atoms with Gasteiger partial charge in [0.1, 0.15) is 0 Å². The van der Waals surface area contributed by atoms with E-state index in [2.05, 4.69) is 46.2 Å². The van der Waals surface area contributed by atoms with E-state index in [-0.39, 0.29) is 6.61 Å². The molecule has 0 saturated heterocycles. The van der Waals surface area contributed by atoms with E-state index in [4.69, 9.17) is 5.11 Å². The number of para-hydroxylation sites is 1. The summed E-state index contributed by atoms with van der Waals surface area (Å²) in [6, 6.07) is 14.5. The monoisotopic (exact) mass is 267 g/mol. The fourth-order valence-electron chi connectivity index (χ4n) is 2.65. The quantitative estimate of drug-likeness (QED) is 0.684. The van der Waals surface area contributed by atoms with Crippen molar-refractivity contribution in [2.24, 2.45) is 0 Å². The van der Waals surface area contributed by atoms with E-state index in [1.54, 1.807) is 0 Å². The van der Waals surface area contributed by atoms with E-state index < -0.39 is 0 Å². The van der Waals surface area contributed by atoms with Gasteiger partial charge >= 0.3 is 0 Å². The van der Waals surface area contributed by atoms with Gasteiger partial charge in [-0.05, 0) is 11.6 Å². The van der Waals surface area contributed by atoms with Crippen molar-refractivity contribution in [3.63, 3.8) is 0 Å². The number of aromatic nitrogens is 2. The summed E-state index contributed by atoms with van der Waals surface area (Å²) < 4.78 is 2.22. The number of aliphatic hydroxyl groups is 1. The predicted molar refractivity (Wildman–Crippen MR) is 79.4 cm³/mol. The maximum absolute atomic E-state index is 9.12. The Morgan fingerprint density at radius 3 is 2.75 bits per heavy atom. The van der Waals surface area contributed by atoms with Gasteiger partial charge in [0.25, 0.3) is 0 Å².